The molecule has 1 saturated carbocycles. The van der Waals surface area contributed by atoms with Gasteiger partial charge in [0.15, 0.2) is 17.4 Å². The Bertz CT molecular complexity index is 706. The van der Waals surface area contributed by atoms with Gasteiger partial charge in [-0.15, -0.1) is 0 Å². The minimum Gasteiger partial charge on any atom is -0.491 e. The fourth-order valence-electron chi connectivity index (χ4n) is 4.22. The Labute approximate surface area is 151 Å². The fourth-order valence-corrected chi connectivity index (χ4v) is 4.22. The van der Waals surface area contributed by atoms with Crippen LogP contribution in [0.3, 0.4) is 0 Å². The molecule has 1 fully saturated rings. The Morgan fingerprint density at radius 2 is 1.62 bits per heavy atom. The van der Waals surface area contributed by atoms with E-state index < -0.39 is 34.3 Å². The Kier molecular flexibility index (Phi) is 5.33. The molecule has 0 atom stereocenters. The number of hydrogen-bond donors (Lipinski definition) is 0. The first-order chi connectivity index (χ1) is 12.4. The van der Waals surface area contributed by atoms with E-state index in [0.29, 0.717) is 32.1 Å². The van der Waals surface area contributed by atoms with Crippen LogP contribution in [0, 0.1) is 17.0 Å². The van der Waals surface area contributed by atoms with Gasteiger partial charge < -0.3 is 9.47 Å². The zero-order chi connectivity index (χ0) is 18.9. The van der Waals surface area contributed by atoms with Crippen LogP contribution in [0.1, 0.15) is 57.9 Å². The van der Waals surface area contributed by atoms with Crippen molar-refractivity contribution in [3.8, 4) is 5.75 Å². The largest absolute Gasteiger partial charge is 0.491 e. The molecule has 1 aromatic carbocycles. The number of hydrogen-bond acceptors (Lipinski definition) is 2. The number of halogens is 4. The number of benzene rings is 1. The molecule has 0 aromatic heterocycles. The first kappa shape index (κ1) is 19.2. The van der Waals surface area contributed by atoms with Gasteiger partial charge in [-0.25, -0.2) is 13.2 Å². The van der Waals surface area contributed by atoms with Crippen molar-refractivity contribution in [1.29, 1.82) is 0 Å². The van der Waals surface area contributed by atoms with Crippen molar-refractivity contribution in [3.63, 3.8) is 0 Å². The van der Waals surface area contributed by atoms with E-state index in [9.17, 15) is 17.6 Å². The molecule has 0 radical (unpaired) electrons. The van der Waals surface area contributed by atoms with E-state index >= 15 is 0 Å². The first-order valence-electron chi connectivity index (χ1n) is 9.19. The molecule has 0 N–H and O–H groups in total. The van der Waals surface area contributed by atoms with Crippen LogP contribution in [0.15, 0.2) is 23.8 Å². The molecule has 3 aliphatic rings. The quantitative estimate of drug-likeness (QED) is 0.535. The standard InChI is InChI=1S/C20H24F4O2/c1-3-7-19-8-10-20(11-9-19,18(24)17(19)23)26-12-13-5-6-14(25-4-2)16(22)15(13)21/h5-6H,3-4,7-12H2,1-2H3. The zero-order valence-electron chi connectivity index (χ0n) is 15.1. The van der Waals surface area contributed by atoms with Crippen molar-refractivity contribution >= 4 is 0 Å². The fraction of sp³-hybridized carbons (Fsp3) is 0.600. The molecule has 2 nitrogen and oxygen atoms in total. The zero-order valence-corrected chi connectivity index (χ0v) is 15.1. The summed E-state index contributed by atoms with van der Waals surface area (Å²) >= 11 is 0. The van der Waals surface area contributed by atoms with E-state index in [1.807, 2.05) is 6.92 Å². The van der Waals surface area contributed by atoms with E-state index in [1.165, 1.54) is 12.1 Å². The second-order valence-corrected chi connectivity index (χ2v) is 7.23. The predicted octanol–water partition coefficient (Wildman–Crippen LogP) is 6.14. The highest BCUT2D eigenvalue weighted by molar-refractivity contribution is 5.32. The molecular weight excluding hydrogens is 348 g/mol. The van der Waals surface area contributed by atoms with Crippen molar-refractivity contribution in [3.05, 3.63) is 41.0 Å². The van der Waals surface area contributed by atoms with Gasteiger partial charge in [0.2, 0.25) is 5.82 Å². The summed E-state index contributed by atoms with van der Waals surface area (Å²) in [6.07, 6.45) is 3.13. The van der Waals surface area contributed by atoms with Crippen LogP contribution < -0.4 is 4.74 Å². The van der Waals surface area contributed by atoms with Gasteiger partial charge in [0.1, 0.15) is 11.4 Å². The Morgan fingerprint density at radius 1 is 0.923 bits per heavy atom. The number of ether oxygens (including phenoxy) is 2. The van der Waals surface area contributed by atoms with Crippen LogP contribution in [0.25, 0.3) is 0 Å². The highest BCUT2D eigenvalue weighted by Crippen LogP contribution is 2.59. The Hall–Kier alpha value is -1.56. The van der Waals surface area contributed by atoms with E-state index in [-0.39, 0.29) is 24.5 Å². The third-order valence-electron chi connectivity index (χ3n) is 5.73. The van der Waals surface area contributed by atoms with Gasteiger partial charge in [0.25, 0.3) is 0 Å². The molecule has 0 spiro atoms. The summed E-state index contributed by atoms with van der Waals surface area (Å²) in [6, 6.07) is 2.67. The first-order valence-corrected chi connectivity index (χ1v) is 9.19. The average Bonchev–Trinajstić information content (AvgIpc) is 2.64. The minimum absolute atomic E-state index is 0.0375. The maximum atomic E-state index is 14.7. The van der Waals surface area contributed by atoms with Crippen molar-refractivity contribution in [2.45, 2.75) is 64.6 Å². The highest BCUT2D eigenvalue weighted by atomic mass is 19.2. The smallest absolute Gasteiger partial charge is 0.200 e. The van der Waals surface area contributed by atoms with Gasteiger partial charge >= 0.3 is 0 Å². The van der Waals surface area contributed by atoms with E-state index in [2.05, 4.69) is 0 Å². The lowest BCUT2D eigenvalue weighted by Gasteiger charge is -2.50. The average molecular weight is 372 g/mol. The minimum atomic E-state index is -1.36. The van der Waals surface area contributed by atoms with Crippen LogP contribution in [0.2, 0.25) is 0 Å². The van der Waals surface area contributed by atoms with Crippen molar-refractivity contribution < 1.29 is 27.0 Å². The molecule has 0 aliphatic heterocycles. The van der Waals surface area contributed by atoms with Crippen molar-refractivity contribution in [1.82, 2.24) is 0 Å². The lowest BCUT2D eigenvalue weighted by atomic mass is 9.60. The molecule has 0 saturated heterocycles. The molecule has 0 amide bonds. The van der Waals surface area contributed by atoms with Gasteiger partial charge in [-0.05, 0) is 51.2 Å². The van der Waals surface area contributed by atoms with Gasteiger partial charge in [-0.3, -0.25) is 0 Å². The van der Waals surface area contributed by atoms with E-state index in [1.54, 1.807) is 6.92 Å². The summed E-state index contributed by atoms with van der Waals surface area (Å²) in [5, 5.41) is 0. The van der Waals surface area contributed by atoms with Crippen LogP contribution in [0.4, 0.5) is 17.6 Å². The van der Waals surface area contributed by atoms with Crippen LogP contribution in [0.5, 0.6) is 5.75 Å². The SMILES string of the molecule is CCCC12CCC(OCc3ccc(OCC)c(F)c3F)(CC1)C(F)=C2F. The van der Waals surface area contributed by atoms with Crippen molar-refractivity contribution in [2.75, 3.05) is 6.61 Å². The number of allylic oxidation sites excluding steroid dienone is 1. The molecule has 0 heterocycles. The van der Waals surface area contributed by atoms with Crippen LogP contribution in [-0.2, 0) is 11.3 Å². The maximum Gasteiger partial charge on any atom is 0.200 e. The maximum absolute atomic E-state index is 14.7. The Balaban J connectivity index is 1.80. The van der Waals surface area contributed by atoms with E-state index in [4.69, 9.17) is 9.47 Å². The molecule has 144 valence electrons. The van der Waals surface area contributed by atoms with Gasteiger partial charge in [0.05, 0.1) is 13.2 Å². The van der Waals surface area contributed by atoms with Crippen LogP contribution >= 0.6 is 0 Å². The lowest BCUT2D eigenvalue weighted by molar-refractivity contribution is -0.109. The molecule has 4 rings (SSSR count). The predicted molar refractivity (Wildman–Crippen MR) is 90.1 cm³/mol. The molecular formula is C20H24F4O2. The van der Waals surface area contributed by atoms with Crippen molar-refractivity contribution in [2.24, 2.45) is 5.41 Å². The summed E-state index contributed by atoms with van der Waals surface area (Å²) in [4.78, 5) is 0. The normalized spacial score (nSPS) is 27.9. The van der Waals surface area contributed by atoms with Gasteiger partial charge in [-0.2, -0.15) is 4.39 Å². The lowest BCUT2D eigenvalue weighted by Crippen LogP contribution is -2.48. The summed E-state index contributed by atoms with van der Waals surface area (Å²) in [5.41, 5.74) is -2.11. The molecule has 3 aliphatic carbocycles. The highest BCUT2D eigenvalue weighted by Gasteiger charge is 2.56. The number of fused-ring (bicyclic) bond motifs is 2. The topological polar surface area (TPSA) is 18.5 Å². The molecule has 6 heteroatoms. The molecule has 0 unspecified atom stereocenters. The summed E-state index contributed by atoms with van der Waals surface area (Å²) in [5.74, 6) is -3.93. The molecule has 1 aromatic rings. The number of rotatable bonds is 7. The van der Waals surface area contributed by atoms with Crippen LogP contribution in [-0.4, -0.2) is 12.2 Å². The summed E-state index contributed by atoms with van der Waals surface area (Å²) in [7, 11) is 0. The molecule has 26 heavy (non-hydrogen) atoms. The second kappa shape index (κ2) is 7.22. The second-order valence-electron chi connectivity index (χ2n) is 7.23. The summed E-state index contributed by atoms with van der Waals surface area (Å²) in [6.45, 7) is 3.51. The summed E-state index contributed by atoms with van der Waals surface area (Å²) < 4.78 is 68.2. The third kappa shape index (κ3) is 3.02. The third-order valence-corrected chi connectivity index (χ3v) is 5.73. The van der Waals surface area contributed by atoms with Gasteiger partial charge in [-0.1, -0.05) is 13.3 Å². The molecule has 2 bridgehead atoms. The van der Waals surface area contributed by atoms with Gasteiger partial charge in [0, 0.05) is 11.0 Å². The Morgan fingerprint density at radius 3 is 2.23 bits per heavy atom. The monoisotopic (exact) mass is 372 g/mol. The van der Waals surface area contributed by atoms with E-state index in [0.717, 1.165) is 6.42 Å².